The molecule has 0 saturated heterocycles. The number of nitrogens with zero attached hydrogens (tertiary/aromatic N) is 2. The number of benzene rings is 1. The van der Waals surface area contributed by atoms with Gasteiger partial charge in [0.2, 0.25) is 5.95 Å². The quantitative estimate of drug-likeness (QED) is 0.445. The fourth-order valence-electron chi connectivity index (χ4n) is 1.23. The molecule has 0 atom stereocenters. The Morgan fingerprint density at radius 2 is 2.12 bits per heavy atom. The van der Waals surface area contributed by atoms with Crippen molar-refractivity contribution in [2.45, 2.75) is 0 Å². The molecular weight excluding hydrogens is 353 g/mol. The van der Waals surface area contributed by atoms with Gasteiger partial charge in [0.25, 0.3) is 0 Å². The van der Waals surface area contributed by atoms with Gasteiger partial charge in [0.1, 0.15) is 5.82 Å². The minimum absolute atomic E-state index is 0.344. The molecule has 0 aliphatic rings. The van der Waals surface area contributed by atoms with E-state index in [-0.39, 0.29) is 0 Å². The third-order valence-corrected chi connectivity index (χ3v) is 2.96. The Bertz CT molecular complexity index is 534. The maximum atomic E-state index is 6.10. The van der Waals surface area contributed by atoms with E-state index in [1.54, 1.807) is 12.3 Å². The zero-order chi connectivity index (χ0) is 12.3. The van der Waals surface area contributed by atoms with E-state index in [1.807, 2.05) is 18.2 Å². The molecular formula is C10H9ClIN5. The lowest BCUT2D eigenvalue weighted by Crippen LogP contribution is -2.10. The van der Waals surface area contributed by atoms with Gasteiger partial charge < -0.3 is 5.32 Å². The smallest absolute Gasteiger partial charge is 0.239 e. The van der Waals surface area contributed by atoms with Crippen LogP contribution in [0.25, 0.3) is 0 Å². The zero-order valence-electron chi connectivity index (χ0n) is 8.61. The van der Waals surface area contributed by atoms with E-state index < -0.39 is 0 Å². The molecule has 1 aromatic carbocycles. The minimum atomic E-state index is 0.344. The number of nitrogens with one attached hydrogen (secondary N) is 2. The summed E-state index contributed by atoms with van der Waals surface area (Å²) >= 11 is 8.30. The molecule has 2 rings (SSSR count). The Labute approximate surface area is 117 Å². The summed E-state index contributed by atoms with van der Waals surface area (Å²) in [6, 6.07) is 7.45. The van der Waals surface area contributed by atoms with Crippen LogP contribution in [-0.2, 0) is 0 Å². The highest BCUT2D eigenvalue weighted by Crippen LogP contribution is 2.26. The van der Waals surface area contributed by atoms with Crippen molar-refractivity contribution in [3.8, 4) is 0 Å². The third-order valence-electron chi connectivity index (χ3n) is 1.98. The molecule has 0 bridgehead atoms. The number of hydrazine groups is 1. The maximum absolute atomic E-state index is 6.10. The number of aromatic nitrogens is 2. The number of nitrogen functional groups attached to an aromatic ring is 1. The lowest BCUT2D eigenvalue weighted by atomic mass is 10.3. The van der Waals surface area contributed by atoms with Crippen molar-refractivity contribution in [2.24, 2.45) is 5.84 Å². The zero-order valence-corrected chi connectivity index (χ0v) is 11.5. The highest BCUT2D eigenvalue weighted by molar-refractivity contribution is 14.1. The van der Waals surface area contributed by atoms with E-state index in [0.29, 0.717) is 16.8 Å². The van der Waals surface area contributed by atoms with Gasteiger partial charge in [-0.1, -0.05) is 11.6 Å². The van der Waals surface area contributed by atoms with Gasteiger partial charge in [0, 0.05) is 9.77 Å². The molecule has 0 fully saturated rings. The highest BCUT2D eigenvalue weighted by Gasteiger charge is 2.03. The van der Waals surface area contributed by atoms with Gasteiger partial charge in [-0.3, -0.25) is 5.43 Å². The highest BCUT2D eigenvalue weighted by atomic mass is 127. The van der Waals surface area contributed by atoms with Crippen LogP contribution in [0.4, 0.5) is 17.5 Å². The van der Waals surface area contributed by atoms with E-state index in [1.165, 1.54) is 0 Å². The van der Waals surface area contributed by atoms with Crippen molar-refractivity contribution in [3.05, 3.63) is 39.1 Å². The Hall–Kier alpha value is -1.12. The second-order valence-corrected chi connectivity index (χ2v) is 4.81. The molecule has 0 radical (unpaired) electrons. The summed E-state index contributed by atoms with van der Waals surface area (Å²) in [6.45, 7) is 0. The van der Waals surface area contributed by atoms with Gasteiger partial charge >= 0.3 is 0 Å². The number of anilines is 3. The monoisotopic (exact) mass is 361 g/mol. The summed E-state index contributed by atoms with van der Waals surface area (Å²) in [5.74, 6) is 6.20. The van der Waals surface area contributed by atoms with E-state index in [0.717, 1.165) is 9.26 Å². The van der Waals surface area contributed by atoms with Crippen LogP contribution in [0.3, 0.4) is 0 Å². The van der Waals surface area contributed by atoms with Crippen LogP contribution in [0, 0.1) is 3.57 Å². The maximum Gasteiger partial charge on any atom is 0.239 e. The predicted octanol–water partition coefficient (Wildman–Crippen LogP) is 2.76. The van der Waals surface area contributed by atoms with Crippen LogP contribution >= 0.6 is 34.2 Å². The van der Waals surface area contributed by atoms with Crippen LogP contribution in [0.1, 0.15) is 0 Å². The van der Waals surface area contributed by atoms with Crippen molar-refractivity contribution in [1.82, 2.24) is 9.97 Å². The molecule has 1 heterocycles. The Kier molecular flexibility index (Phi) is 3.97. The van der Waals surface area contributed by atoms with E-state index in [4.69, 9.17) is 17.4 Å². The number of hydrogen-bond acceptors (Lipinski definition) is 5. The van der Waals surface area contributed by atoms with Crippen molar-refractivity contribution in [1.29, 1.82) is 0 Å². The first-order valence-electron chi connectivity index (χ1n) is 4.71. The Morgan fingerprint density at radius 3 is 2.82 bits per heavy atom. The van der Waals surface area contributed by atoms with E-state index >= 15 is 0 Å². The summed E-state index contributed by atoms with van der Waals surface area (Å²) in [4.78, 5) is 8.05. The van der Waals surface area contributed by atoms with Crippen LogP contribution in [0.2, 0.25) is 5.02 Å². The second kappa shape index (κ2) is 5.48. The summed E-state index contributed by atoms with van der Waals surface area (Å²) < 4.78 is 1.07. The van der Waals surface area contributed by atoms with Gasteiger partial charge in [-0.2, -0.15) is 4.98 Å². The molecule has 88 valence electrons. The minimum Gasteiger partial charge on any atom is -0.339 e. The molecule has 0 unspecified atom stereocenters. The normalized spacial score (nSPS) is 10.1. The first-order valence-corrected chi connectivity index (χ1v) is 6.16. The van der Waals surface area contributed by atoms with Gasteiger partial charge in [-0.25, -0.2) is 10.8 Å². The Morgan fingerprint density at radius 1 is 1.29 bits per heavy atom. The fourth-order valence-corrected chi connectivity index (χ4v) is 2.13. The lowest BCUT2D eigenvalue weighted by molar-refractivity contribution is 1.12. The molecule has 0 aliphatic heterocycles. The lowest BCUT2D eigenvalue weighted by Gasteiger charge is -2.08. The summed E-state index contributed by atoms with van der Waals surface area (Å²) in [5.41, 5.74) is 3.17. The van der Waals surface area contributed by atoms with Crippen molar-refractivity contribution in [2.75, 3.05) is 10.7 Å². The molecule has 0 spiro atoms. The average molecular weight is 362 g/mol. The number of rotatable bonds is 3. The van der Waals surface area contributed by atoms with E-state index in [9.17, 15) is 0 Å². The SMILES string of the molecule is NNc1nccc(Nc2ccc(I)cc2Cl)n1. The van der Waals surface area contributed by atoms with Crippen LogP contribution in [0.15, 0.2) is 30.5 Å². The van der Waals surface area contributed by atoms with Gasteiger partial charge in [-0.05, 0) is 46.9 Å². The first kappa shape index (κ1) is 12.3. The van der Waals surface area contributed by atoms with Gasteiger partial charge in [0.15, 0.2) is 0 Å². The van der Waals surface area contributed by atoms with Crippen molar-refractivity contribution < 1.29 is 0 Å². The predicted molar refractivity (Wildman–Crippen MR) is 77.3 cm³/mol. The van der Waals surface area contributed by atoms with Gasteiger partial charge in [0.05, 0.1) is 10.7 Å². The average Bonchev–Trinajstić information content (AvgIpc) is 2.33. The summed E-state index contributed by atoms with van der Waals surface area (Å²) in [5, 5.41) is 3.73. The van der Waals surface area contributed by atoms with Crippen molar-refractivity contribution in [3.63, 3.8) is 0 Å². The largest absolute Gasteiger partial charge is 0.339 e. The fraction of sp³-hybridized carbons (Fsp3) is 0. The first-order chi connectivity index (χ1) is 8.19. The summed E-state index contributed by atoms with van der Waals surface area (Å²) in [6.07, 6.45) is 1.60. The molecule has 7 heteroatoms. The van der Waals surface area contributed by atoms with Crippen LogP contribution in [0.5, 0.6) is 0 Å². The molecule has 0 saturated carbocycles. The summed E-state index contributed by atoms with van der Waals surface area (Å²) in [7, 11) is 0. The second-order valence-electron chi connectivity index (χ2n) is 3.16. The van der Waals surface area contributed by atoms with Crippen LogP contribution in [-0.4, -0.2) is 9.97 Å². The molecule has 0 aliphatic carbocycles. The molecule has 2 aromatic rings. The third kappa shape index (κ3) is 3.18. The van der Waals surface area contributed by atoms with Crippen LogP contribution < -0.4 is 16.6 Å². The topological polar surface area (TPSA) is 75.9 Å². The molecule has 0 amide bonds. The standard InChI is InChI=1S/C10H9ClIN5/c11-7-5-6(12)1-2-8(7)15-9-3-4-14-10(16-9)17-13/h1-5H,13H2,(H2,14,15,16,17). The molecule has 17 heavy (non-hydrogen) atoms. The van der Waals surface area contributed by atoms with Crippen molar-refractivity contribution >= 4 is 51.6 Å². The molecule has 4 N–H and O–H groups in total. The number of nitrogens with two attached hydrogens (primary N) is 1. The Balaban J connectivity index is 2.25. The number of halogens is 2. The molecule has 1 aromatic heterocycles. The van der Waals surface area contributed by atoms with E-state index in [2.05, 4.69) is 43.3 Å². The number of hydrogen-bond donors (Lipinski definition) is 3. The molecule has 5 nitrogen and oxygen atoms in total. The van der Waals surface area contributed by atoms with Gasteiger partial charge in [-0.15, -0.1) is 0 Å².